The molecule has 19 heavy (non-hydrogen) atoms. The highest BCUT2D eigenvalue weighted by atomic mass is 16.1. The molecule has 0 spiro atoms. The van der Waals surface area contributed by atoms with Crippen molar-refractivity contribution in [2.24, 2.45) is 5.73 Å². The zero-order valence-electron chi connectivity index (χ0n) is 9.95. The van der Waals surface area contributed by atoms with Crippen molar-refractivity contribution in [3.05, 3.63) is 48.5 Å². The van der Waals surface area contributed by atoms with Crippen LogP contribution in [0.5, 0.6) is 0 Å². The van der Waals surface area contributed by atoms with Gasteiger partial charge in [0, 0.05) is 29.7 Å². The van der Waals surface area contributed by atoms with Crippen LogP contribution >= 0.6 is 0 Å². The minimum atomic E-state index is -0.586. The molecule has 3 aromatic rings. The number of pyridine rings is 1. The molecule has 94 valence electrons. The van der Waals surface area contributed by atoms with E-state index in [0.717, 1.165) is 11.1 Å². The maximum absolute atomic E-state index is 11.2. The number of nitrogens with two attached hydrogens (primary N) is 2. The van der Waals surface area contributed by atoms with Crippen molar-refractivity contribution in [1.82, 2.24) is 14.6 Å². The van der Waals surface area contributed by atoms with Gasteiger partial charge in [0.15, 0.2) is 0 Å². The lowest BCUT2D eigenvalue weighted by atomic mass is 10.1. The summed E-state index contributed by atoms with van der Waals surface area (Å²) in [6, 6.07) is 5.64. The SMILES string of the molecule is NC(=O)c1cnn2cc(-c3cccnc3)cc2c1N. The third kappa shape index (κ3) is 1.79. The van der Waals surface area contributed by atoms with Crippen LogP contribution in [0.2, 0.25) is 0 Å². The highest BCUT2D eigenvalue weighted by Crippen LogP contribution is 2.25. The molecular weight excluding hydrogens is 242 g/mol. The van der Waals surface area contributed by atoms with Gasteiger partial charge in [-0.2, -0.15) is 5.10 Å². The number of nitrogens with zero attached hydrogens (tertiary/aromatic N) is 3. The number of hydrogen-bond acceptors (Lipinski definition) is 4. The van der Waals surface area contributed by atoms with Crippen LogP contribution < -0.4 is 11.5 Å². The van der Waals surface area contributed by atoms with Gasteiger partial charge in [0.2, 0.25) is 0 Å². The van der Waals surface area contributed by atoms with Gasteiger partial charge in [0.25, 0.3) is 5.91 Å². The van der Waals surface area contributed by atoms with Gasteiger partial charge in [0.1, 0.15) is 0 Å². The van der Waals surface area contributed by atoms with E-state index in [1.54, 1.807) is 16.9 Å². The summed E-state index contributed by atoms with van der Waals surface area (Å²) in [4.78, 5) is 15.3. The van der Waals surface area contributed by atoms with Crippen LogP contribution in [-0.4, -0.2) is 20.5 Å². The summed E-state index contributed by atoms with van der Waals surface area (Å²) in [7, 11) is 0. The Balaban J connectivity index is 2.22. The number of anilines is 1. The maximum atomic E-state index is 11.2. The van der Waals surface area contributed by atoms with Crippen LogP contribution in [0.3, 0.4) is 0 Å². The molecule has 0 aliphatic heterocycles. The Labute approximate surface area is 108 Å². The summed E-state index contributed by atoms with van der Waals surface area (Å²) in [6.07, 6.45) is 6.65. The molecule has 0 saturated heterocycles. The van der Waals surface area contributed by atoms with Crippen molar-refractivity contribution in [2.45, 2.75) is 0 Å². The molecule has 3 aromatic heterocycles. The Morgan fingerprint density at radius 1 is 1.26 bits per heavy atom. The normalized spacial score (nSPS) is 10.7. The number of aromatic nitrogens is 3. The third-order valence-electron chi connectivity index (χ3n) is 2.94. The van der Waals surface area contributed by atoms with E-state index in [2.05, 4.69) is 10.1 Å². The van der Waals surface area contributed by atoms with Gasteiger partial charge in [-0.15, -0.1) is 0 Å². The number of nitrogen functional groups attached to an aromatic ring is 1. The Morgan fingerprint density at radius 3 is 2.79 bits per heavy atom. The molecule has 0 radical (unpaired) electrons. The molecule has 0 aromatic carbocycles. The van der Waals surface area contributed by atoms with E-state index >= 15 is 0 Å². The molecule has 0 saturated carbocycles. The highest BCUT2D eigenvalue weighted by Gasteiger charge is 2.12. The second kappa shape index (κ2) is 4.09. The topological polar surface area (TPSA) is 99.3 Å². The average molecular weight is 253 g/mol. The molecule has 1 amide bonds. The summed E-state index contributed by atoms with van der Waals surface area (Å²) in [6.45, 7) is 0. The number of rotatable bonds is 2. The third-order valence-corrected chi connectivity index (χ3v) is 2.94. The van der Waals surface area contributed by atoms with Crippen molar-refractivity contribution in [2.75, 3.05) is 5.73 Å². The summed E-state index contributed by atoms with van der Waals surface area (Å²) in [5, 5.41) is 4.12. The molecule has 3 rings (SSSR count). The summed E-state index contributed by atoms with van der Waals surface area (Å²) >= 11 is 0. The van der Waals surface area contributed by atoms with Crippen LogP contribution in [0.4, 0.5) is 5.69 Å². The van der Waals surface area contributed by atoms with E-state index in [1.807, 2.05) is 24.4 Å². The molecule has 0 aliphatic rings. The van der Waals surface area contributed by atoms with Crippen molar-refractivity contribution in [3.8, 4) is 11.1 Å². The van der Waals surface area contributed by atoms with E-state index in [1.165, 1.54) is 6.20 Å². The second-order valence-corrected chi connectivity index (χ2v) is 4.14. The predicted octanol–water partition coefficient (Wildman–Crippen LogP) is 1.08. The fourth-order valence-electron chi connectivity index (χ4n) is 1.96. The number of amides is 1. The molecule has 6 heteroatoms. The monoisotopic (exact) mass is 253 g/mol. The van der Waals surface area contributed by atoms with E-state index < -0.39 is 5.91 Å². The van der Waals surface area contributed by atoms with E-state index in [0.29, 0.717) is 11.2 Å². The molecule has 3 heterocycles. The minimum Gasteiger partial charge on any atom is -0.396 e. The number of hydrogen-bond donors (Lipinski definition) is 2. The molecule has 0 unspecified atom stereocenters. The first-order valence-corrected chi connectivity index (χ1v) is 5.64. The zero-order chi connectivity index (χ0) is 13.4. The zero-order valence-corrected chi connectivity index (χ0v) is 9.95. The largest absolute Gasteiger partial charge is 0.396 e. The number of primary amides is 1. The van der Waals surface area contributed by atoms with Crippen LogP contribution in [0.25, 0.3) is 16.6 Å². The summed E-state index contributed by atoms with van der Waals surface area (Å²) < 4.78 is 1.62. The number of fused-ring (bicyclic) bond motifs is 1. The standard InChI is InChI=1S/C13H11N5O/c14-12-10(13(15)19)6-17-18-7-9(4-11(12)18)8-2-1-3-16-5-8/h1-7H,14H2,(H2,15,19). The van der Waals surface area contributed by atoms with Gasteiger partial charge in [0.05, 0.1) is 23.0 Å². The summed E-state index contributed by atoms with van der Waals surface area (Å²) in [5.41, 5.74) is 14.3. The summed E-state index contributed by atoms with van der Waals surface area (Å²) in [5.74, 6) is -0.586. The molecule has 0 bridgehead atoms. The van der Waals surface area contributed by atoms with E-state index in [4.69, 9.17) is 11.5 Å². The van der Waals surface area contributed by atoms with Crippen molar-refractivity contribution < 1.29 is 4.79 Å². The Morgan fingerprint density at radius 2 is 2.11 bits per heavy atom. The van der Waals surface area contributed by atoms with Crippen LogP contribution in [0, 0.1) is 0 Å². The molecular formula is C13H11N5O. The van der Waals surface area contributed by atoms with Crippen molar-refractivity contribution in [1.29, 1.82) is 0 Å². The van der Waals surface area contributed by atoms with Gasteiger partial charge < -0.3 is 11.5 Å². The number of carbonyl (C=O) groups excluding carboxylic acids is 1. The van der Waals surface area contributed by atoms with E-state index in [-0.39, 0.29) is 5.56 Å². The Kier molecular flexibility index (Phi) is 2.42. The minimum absolute atomic E-state index is 0.225. The van der Waals surface area contributed by atoms with Crippen LogP contribution in [-0.2, 0) is 0 Å². The average Bonchev–Trinajstić information content (AvgIpc) is 2.85. The van der Waals surface area contributed by atoms with Gasteiger partial charge in [-0.3, -0.25) is 9.78 Å². The molecule has 0 fully saturated rings. The molecule has 4 N–H and O–H groups in total. The molecule has 0 atom stereocenters. The lowest BCUT2D eigenvalue weighted by molar-refractivity contribution is 0.100. The smallest absolute Gasteiger partial charge is 0.252 e. The van der Waals surface area contributed by atoms with Gasteiger partial charge in [-0.25, -0.2) is 4.52 Å². The Bertz CT molecular complexity index is 763. The molecule has 6 nitrogen and oxygen atoms in total. The maximum Gasteiger partial charge on any atom is 0.252 e. The highest BCUT2D eigenvalue weighted by molar-refractivity contribution is 6.01. The van der Waals surface area contributed by atoms with Crippen molar-refractivity contribution in [3.63, 3.8) is 0 Å². The van der Waals surface area contributed by atoms with Gasteiger partial charge in [-0.05, 0) is 12.1 Å². The van der Waals surface area contributed by atoms with Crippen molar-refractivity contribution >= 4 is 17.1 Å². The fourth-order valence-corrected chi connectivity index (χ4v) is 1.96. The van der Waals surface area contributed by atoms with Gasteiger partial charge in [-0.1, -0.05) is 6.07 Å². The molecule has 0 aliphatic carbocycles. The Hall–Kier alpha value is -2.89. The van der Waals surface area contributed by atoms with E-state index in [9.17, 15) is 4.79 Å². The number of carbonyl (C=O) groups is 1. The lowest BCUT2D eigenvalue weighted by Gasteiger charge is -2.02. The fraction of sp³-hybridized carbons (Fsp3) is 0. The van der Waals surface area contributed by atoms with Crippen LogP contribution in [0.15, 0.2) is 43.0 Å². The predicted molar refractivity (Wildman–Crippen MR) is 71.4 cm³/mol. The quantitative estimate of drug-likeness (QED) is 0.713. The van der Waals surface area contributed by atoms with Crippen LogP contribution in [0.1, 0.15) is 10.4 Å². The first-order chi connectivity index (χ1) is 9.16. The second-order valence-electron chi connectivity index (χ2n) is 4.14. The first-order valence-electron chi connectivity index (χ1n) is 5.64. The van der Waals surface area contributed by atoms with Gasteiger partial charge >= 0.3 is 0 Å². The first kappa shape index (κ1) is 11.2. The lowest BCUT2D eigenvalue weighted by Crippen LogP contribution is -2.15.